The molecule has 0 aromatic rings. The number of allylic oxidation sites excluding steroid dienone is 1. The van der Waals surface area contributed by atoms with E-state index in [0.29, 0.717) is 17.4 Å². The smallest absolute Gasteiger partial charge is 0.268 e. The van der Waals surface area contributed by atoms with E-state index in [-0.39, 0.29) is 19.1 Å². The maximum absolute atomic E-state index is 12.7. The molecule has 1 amide bonds. The van der Waals surface area contributed by atoms with Crippen LogP contribution in [0, 0.1) is 0 Å². The molecular weight excluding hydrogens is 719 g/mol. The molecule has 3 unspecified atom stereocenters. The molecule has 8 nitrogen and oxygen atoms in total. The molecular formula is C47H95N2O6P. The zero-order chi connectivity index (χ0) is 41.4. The van der Waals surface area contributed by atoms with Crippen molar-refractivity contribution in [3.8, 4) is 0 Å². The van der Waals surface area contributed by atoms with E-state index in [0.717, 1.165) is 38.5 Å². The quantitative estimate of drug-likeness (QED) is 0.0274. The van der Waals surface area contributed by atoms with Crippen molar-refractivity contribution < 1.29 is 32.9 Å². The molecule has 0 heterocycles. The zero-order valence-corrected chi connectivity index (χ0v) is 38.7. The number of hydrogen-bond donors (Lipinski definition) is 2. The number of unbranched alkanes of at least 4 members (excludes halogenated alkanes) is 31. The molecule has 0 aliphatic heterocycles. The van der Waals surface area contributed by atoms with Crippen molar-refractivity contribution >= 4 is 13.7 Å². The first-order valence-electron chi connectivity index (χ1n) is 24.1. The Kier molecular flexibility index (Phi) is 39.1. The normalized spacial score (nSPS) is 14.3. The van der Waals surface area contributed by atoms with Crippen LogP contribution in [0.15, 0.2) is 12.2 Å². The molecule has 0 saturated carbocycles. The van der Waals surface area contributed by atoms with Gasteiger partial charge in [-0.1, -0.05) is 219 Å². The highest BCUT2D eigenvalue weighted by Gasteiger charge is 2.23. The van der Waals surface area contributed by atoms with Gasteiger partial charge in [0.1, 0.15) is 13.2 Å². The average Bonchev–Trinajstić information content (AvgIpc) is 3.15. The largest absolute Gasteiger partial charge is 0.756 e. The fourth-order valence-corrected chi connectivity index (χ4v) is 7.88. The summed E-state index contributed by atoms with van der Waals surface area (Å²) in [7, 11) is 1.27. The van der Waals surface area contributed by atoms with Gasteiger partial charge < -0.3 is 28.8 Å². The van der Waals surface area contributed by atoms with Gasteiger partial charge in [-0.3, -0.25) is 9.36 Å². The second kappa shape index (κ2) is 39.7. The first kappa shape index (κ1) is 55.2. The SMILES string of the molecule is CCCCCCCCCCCCCCCCCCCCCCCCCCC/C=C/C(O)C(COP(=O)([O-])OCC[N+](C)(C)C)NC(=O)CCCCCCCCC. The first-order valence-corrected chi connectivity index (χ1v) is 25.5. The molecule has 0 rings (SSSR count). The van der Waals surface area contributed by atoms with Crippen molar-refractivity contribution in [2.75, 3.05) is 40.9 Å². The number of carbonyl (C=O) groups excluding carboxylic acids is 1. The minimum atomic E-state index is -4.57. The molecule has 0 bridgehead atoms. The molecule has 56 heavy (non-hydrogen) atoms. The lowest BCUT2D eigenvalue weighted by Gasteiger charge is -2.29. The fourth-order valence-electron chi connectivity index (χ4n) is 7.15. The molecule has 3 atom stereocenters. The molecule has 2 N–H and O–H groups in total. The molecule has 0 aromatic carbocycles. The van der Waals surface area contributed by atoms with Gasteiger partial charge in [0.25, 0.3) is 7.82 Å². The van der Waals surface area contributed by atoms with Crippen molar-refractivity contribution in [1.82, 2.24) is 5.32 Å². The highest BCUT2D eigenvalue weighted by molar-refractivity contribution is 7.45. The van der Waals surface area contributed by atoms with Crippen LogP contribution in [0.5, 0.6) is 0 Å². The van der Waals surface area contributed by atoms with Gasteiger partial charge >= 0.3 is 0 Å². The zero-order valence-electron chi connectivity index (χ0n) is 37.9. The number of phosphoric ester groups is 1. The second-order valence-electron chi connectivity index (χ2n) is 17.8. The molecule has 0 saturated heterocycles. The number of hydrogen-bond acceptors (Lipinski definition) is 6. The molecule has 0 aliphatic carbocycles. The monoisotopic (exact) mass is 815 g/mol. The van der Waals surface area contributed by atoms with Crippen LogP contribution >= 0.6 is 7.82 Å². The van der Waals surface area contributed by atoms with E-state index in [1.165, 1.54) is 173 Å². The number of nitrogens with one attached hydrogen (secondary N) is 1. The Morgan fingerprint density at radius 2 is 0.964 bits per heavy atom. The molecule has 0 fully saturated rings. The van der Waals surface area contributed by atoms with E-state index in [2.05, 4.69) is 19.2 Å². The lowest BCUT2D eigenvalue weighted by Crippen LogP contribution is -2.45. The van der Waals surface area contributed by atoms with Crippen LogP contribution in [0.25, 0.3) is 0 Å². The number of amides is 1. The predicted octanol–water partition coefficient (Wildman–Crippen LogP) is 12.9. The first-order chi connectivity index (χ1) is 27.0. The van der Waals surface area contributed by atoms with E-state index in [9.17, 15) is 19.4 Å². The highest BCUT2D eigenvalue weighted by Crippen LogP contribution is 2.38. The highest BCUT2D eigenvalue weighted by atomic mass is 31.2. The number of phosphoric acid groups is 1. The summed E-state index contributed by atoms with van der Waals surface area (Å²) in [6, 6.07) is -0.878. The van der Waals surface area contributed by atoms with Crippen molar-refractivity contribution in [3.63, 3.8) is 0 Å². The summed E-state index contributed by atoms with van der Waals surface area (Å²) in [6.45, 7) is 4.61. The average molecular weight is 815 g/mol. The summed E-state index contributed by atoms with van der Waals surface area (Å²) in [5.41, 5.74) is 0. The Morgan fingerprint density at radius 3 is 1.34 bits per heavy atom. The van der Waals surface area contributed by atoms with Gasteiger partial charge in [0.2, 0.25) is 5.91 Å². The fraction of sp³-hybridized carbons (Fsp3) is 0.936. The maximum atomic E-state index is 12.7. The van der Waals surface area contributed by atoms with Crippen molar-refractivity contribution in [2.45, 2.75) is 244 Å². The van der Waals surface area contributed by atoms with E-state index in [4.69, 9.17) is 9.05 Å². The second-order valence-corrected chi connectivity index (χ2v) is 19.2. The summed E-state index contributed by atoms with van der Waals surface area (Å²) < 4.78 is 23.1. The summed E-state index contributed by atoms with van der Waals surface area (Å²) in [5.74, 6) is -0.202. The number of nitrogens with zero attached hydrogens (tertiary/aromatic N) is 1. The van der Waals surface area contributed by atoms with Crippen LogP contribution in [0.1, 0.15) is 232 Å². The van der Waals surface area contributed by atoms with Crippen molar-refractivity contribution in [2.24, 2.45) is 0 Å². The summed E-state index contributed by atoms with van der Waals surface area (Å²) in [4.78, 5) is 25.1. The molecule has 0 aliphatic rings. The van der Waals surface area contributed by atoms with Crippen molar-refractivity contribution in [1.29, 1.82) is 0 Å². The standard InChI is InChI=1S/C47H95N2O6P/c1-6-8-10-12-14-15-16-17-18-19-20-21-22-23-24-25-26-27-28-29-30-31-32-33-35-36-38-40-46(50)45(44-55-56(52,53)54-43-42-49(3,4)5)48-47(51)41-39-37-34-13-11-9-7-2/h38,40,45-46,50H,6-37,39,41-44H2,1-5H3,(H-,48,51,52,53)/b40-38+. The number of aliphatic hydroxyl groups excluding tert-OH is 1. The number of carbonyl (C=O) groups is 1. The molecule has 0 radical (unpaired) electrons. The van der Waals surface area contributed by atoms with Gasteiger partial charge in [0, 0.05) is 6.42 Å². The third-order valence-electron chi connectivity index (χ3n) is 11.0. The summed E-state index contributed by atoms with van der Waals surface area (Å²) in [5, 5.41) is 13.7. The van der Waals surface area contributed by atoms with E-state index >= 15 is 0 Å². The lowest BCUT2D eigenvalue weighted by molar-refractivity contribution is -0.870. The number of quaternary nitrogens is 1. The summed E-state index contributed by atoms with van der Waals surface area (Å²) in [6.07, 6.45) is 45.9. The Labute approximate surface area is 348 Å². The van der Waals surface area contributed by atoms with E-state index in [1.807, 2.05) is 27.2 Å². The van der Waals surface area contributed by atoms with Crippen LogP contribution in [-0.2, 0) is 18.4 Å². The number of aliphatic hydroxyl groups is 1. The van der Waals surface area contributed by atoms with Crippen LogP contribution in [0.2, 0.25) is 0 Å². The van der Waals surface area contributed by atoms with Crippen LogP contribution < -0.4 is 10.2 Å². The molecule has 0 spiro atoms. The van der Waals surface area contributed by atoms with E-state index < -0.39 is 20.0 Å². The predicted molar refractivity (Wildman–Crippen MR) is 238 cm³/mol. The van der Waals surface area contributed by atoms with Gasteiger partial charge in [-0.15, -0.1) is 0 Å². The Hall–Kier alpha value is -0.760. The molecule has 0 aromatic heterocycles. The van der Waals surface area contributed by atoms with Crippen LogP contribution in [-0.4, -0.2) is 68.5 Å². The third kappa shape index (κ3) is 41.4. The Bertz CT molecular complexity index is 927. The van der Waals surface area contributed by atoms with Crippen LogP contribution in [0.4, 0.5) is 0 Å². The van der Waals surface area contributed by atoms with Crippen molar-refractivity contribution in [3.05, 3.63) is 12.2 Å². The Morgan fingerprint density at radius 1 is 0.607 bits per heavy atom. The van der Waals surface area contributed by atoms with Gasteiger partial charge in [-0.2, -0.15) is 0 Å². The van der Waals surface area contributed by atoms with Gasteiger partial charge in [-0.25, -0.2) is 0 Å². The van der Waals surface area contributed by atoms with Gasteiger partial charge in [-0.05, 0) is 19.3 Å². The summed E-state index contributed by atoms with van der Waals surface area (Å²) >= 11 is 0. The number of rotatable bonds is 44. The minimum Gasteiger partial charge on any atom is -0.756 e. The molecule has 334 valence electrons. The molecule has 9 heteroatoms. The lowest BCUT2D eigenvalue weighted by atomic mass is 10.0. The maximum Gasteiger partial charge on any atom is 0.268 e. The minimum absolute atomic E-state index is 0.00161. The Balaban J connectivity index is 4.05. The van der Waals surface area contributed by atoms with Gasteiger partial charge in [0.15, 0.2) is 0 Å². The van der Waals surface area contributed by atoms with Crippen LogP contribution in [0.3, 0.4) is 0 Å². The third-order valence-corrected chi connectivity index (χ3v) is 12.0. The topological polar surface area (TPSA) is 108 Å². The van der Waals surface area contributed by atoms with E-state index in [1.54, 1.807) is 6.08 Å². The number of likely N-dealkylation sites (N-methyl/N-ethyl adjacent to an activating group) is 1. The van der Waals surface area contributed by atoms with Gasteiger partial charge in [0.05, 0.1) is 39.9 Å².